The van der Waals surface area contributed by atoms with Crippen LogP contribution in [0.15, 0.2) is 23.1 Å². The molecular formula is C14H21ClN2O2S2. The number of rotatable bonds is 7. The second kappa shape index (κ2) is 7.54. The molecule has 0 aromatic heterocycles. The summed E-state index contributed by atoms with van der Waals surface area (Å²) in [4.78, 5) is 0.280. The highest BCUT2D eigenvalue weighted by Gasteiger charge is 2.26. The summed E-state index contributed by atoms with van der Waals surface area (Å²) in [5, 5.41) is 0.142. The Balaban J connectivity index is 3.20. The Labute approximate surface area is 137 Å². The number of hydrogen-bond acceptors (Lipinski definition) is 3. The van der Waals surface area contributed by atoms with E-state index in [1.54, 1.807) is 6.07 Å². The third-order valence-corrected chi connectivity index (χ3v) is 6.06. The average Bonchev–Trinajstić information content (AvgIpc) is 2.43. The van der Waals surface area contributed by atoms with Crippen molar-refractivity contribution in [2.75, 3.05) is 13.1 Å². The van der Waals surface area contributed by atoms with Crippen LogP contribution in [0.2, 0.25) is 5.02 Å². The topological polar surface area (TPSA) is 63.4 Å². The van der Waals surface area contributed by atoms with Crippen LogP contribution in [-0.4, -0.2) is 30.8 Å². The smallest absolute Gasteiger partial charge is 0.244 e. The number of nitrogens with two attached hydrogens (primary N) is 1. The number of benzene rings is 1. The third kappa shape index (κ3) is 4.39. The molecule has 0 saturated heterocycles. The first-order valence-corrected chi connectivity index (χ1v) is 9.06. The Kier molecular flexibility index (Phi) is 6.59. The van der Waals surface area contributed by atoms with Gasteiger partial charge in [-0.1, -0.05) is 57.1 Å². The van der Waals surface area contributed by atoms with Crippen LogP contribution in [0.25, 0.3) is 0 Å². The molecule has 0 amide bonds. The lowest BCUT2D eigenvalue weighted by Crippen LogP contribution is -2.34. The molecule has 0 fully saturated rings. The van der Waals surface area contributed by atoms with Gasteiger partial charge >= 0.3 is 0 Å². The van der Waals surface area contributed by atoms with Crippen molar-refractivity contribution in [3.63, 3.8) is 0 Å². The maximum absolute atomic E-state index is 12.7. The zero-order valence-electron chi connectivity index (χ0n) is 12.5. The summed E-state index contributed by atoms with van der Waals surface area (Å²) in [6.45, 7) is 6.75. The standard InChI is InChI=1S/C14H21ClN2O2S2/c1-4-10(3)9-17(5-2)21(18,19)13-7-6-11(14(16)20)8-12(13)15/h6-8,10H,4-5,9H2,1-3H3,(H2,16,20). The number of halogens is 1. The fourth-order valence-electron chi connectivity index (χ4n) is 1.88. The van der Waals surface area contributed by atoms with Crippen LogP contribution in [0.1, 0.15) is 32.8 Å². The minimum absolute atomic E-state index is 0.0920. The van der Waals surface area contributed by atoms with Crippen molar-refractivity contribution in [1.82, 2.24) is 4.31 Å². The SMILES string of the molecule is CCC(C)CN(CC)S(=O)(=O)c1ccc(C(N)=S)cc1Cl. The van der Waals surface area contributed by atoms with Gasteiger partial charge in [0.05, 0.1) is 5.02 Å². The first-order valence-electron chi connectivity index (χ1n) is 6.83. The molecule has 1 aromatic carbocycles. The first-order chi connectivity index (χ1) is 9.73. The molecule has 1 aromatic rings. The number of hydrogen-bond donors (Lipinski definition) is 1. The van der Waals surface area contributed by atoms with Crippen molar-refractivity contribution in [1.29, 1.82) is 0 Å². The Bertz CT molecular complexity index is 617. The monoisotopic (exact) mass is 348 g/mol. The van der Waals surface area contributed by atoms with E-state index in [0.717, 1.165) is 6.42 Å². The van der Waals surface area contributed by atoms with Gasteiger partial charge in [0.15, 0.2) is 0 Å². The second-order valence-electron chi connectivity index (χ2n) is 4.98. The van der Waals surface area contributed by atoms with Crippen LogP contribution in [0, 0.1) is 5.92 Å². The summed E-state index contributed by atoms with van der Waals surface area (Å²) in [6.07, 6.45) is 0.917. The van der Waals surface area contributed by atoms with Crippen molar-refractivity contribution < 1.29 is 8.42 Å². The van der Waals surface area contributed by atoms with Gasteiger partial charge in [-0.05, 0) is 18.1 Å². The lowest BCUT2D eigenvalue weighted by molar-refractivity contribution is 0.361. The molecule has 21 heavy (non-hydrogen) atoms. The molecule has 0 spiro atoms. The molecule has 0 aliphatic carbocycles. The molecule has 0 radical (unpaired) electrons. The van der Waals surface area contributed by atoms with E-state index >= 15 is 0 Å². The van der Waals surface area contributed by atoms with Crippen molar-refractivity contribution in [2.24, 2.45) is 11.7 Å². The fourth-order valence-corrected chi connectivity index (χ4v) is 4.09. The molecule has 1 atom stereocenters. The summed E-state index contributed by atoms with van der Waals surface area (Å²) in [7, 11) is -3.61. The molecule has 0 saturated carbocycles. The van der Waals surface area contributed by atoms with Crippen LogP contribution in [0.5, 0.6) is 0 Å². The van der Waals surface area contributed by atoms with Gasteiger partial charge in [0.1, 0.15) is 9.88 Å². The van der Waals surface area contributed by atoms with Crippen molar-refractivity contribution in [3.05, 3.63) is 28.8 Å². The van der Waals surface area contributed by atoms with Gasteiger partial charge in [0.2, 0.25) is 10.0 Å². The van der Waals surface area contributed by atoms with Crippen molar-refractivity contribution in [3.8, 4) is 0 Å². The Morgan fingerprint density at radius 2 is 2.05 bits per heavy atom. The minimum atomic E-state index is -3.61. The molecule has 118 valence electrons. The van der Waals surface area contributed by atoms with Gasteiger partial charge in [-0.2, -0.15) is 4.31 Å². The van der Waals surface area contributed by atoms with Gasteiger partial charge in [-0.25, -0.2) is 8.42 Å². The number of thiocarbonyl (C=S) groups is 1. The molecule has 0 bridgehead atoms. The number of sulfonamides is 1. The fraction of sp³-hybridized carbons (Fsp3) is 0.500. The van der Waals surface area contributed by atoms with E-state index in [9.17, 15) is 8.42 Å². The number of nitrogens with zero attached hydrogens (tertiary/aromatic N) is 1. The molecule has 2 N–H and O–H groups in total. The van der Waals surface area contributed by atoms with Crippen LogP contribution < -0.4 is 5.73 Å². The van der Waals surface area contributed by atoms with E-state index in [1.165, 1.54) is 16.4 Å². The lowest BCUT2D eigenvalue weighted by Gasteiger charge is -2.24. The maximum Gasteiger partial charge on any atom is 0.244 e. The zero-order valence-corrected chi connectivity index (χ0v) is 14.9. The predicted octanol–water partition coefficient (Wildman–Crippen LogP) is 3.03. The zero-order chi connectivity index (χ0) is 16.2. The van der Waals surface area contributed by atoms with E-state index in [1.807, 2.05) is 20.8 Å². The quantitative estimate of drug-likeness (QED) is 0.769. The maximum atomic E-state index is 12.7. The molecule has 0 aliphatic rings. The Morgan fingerprint density at radius 3 is 2.48 bits per heavy atom. The Morgan fingerprint density at radius 1 is 1.43 bits per heavy atom. The summed E-state index contributed by atoms with van der Waals surface area (Å²) in [6, 6.07) is 4.54. The highest BCUT2D eigenvalue weighted by molar-refractivity contribution is 7.89. The van der Waals surface area contributed by atoms with E-state index in [2.05, 4.69) is 0 Å². The first kappa shape index (κ1) is 18.4. The van der Waals surface area contributed by atoms with E-state index in [4.69, 9.17) is 29.6 Å². The van der Waals surface area contributed by atoms with Crippen molar-refractivity contribution in [2.45, 2.75) is 32.1 Å². The Hall–Kier alpha value is -0.690. The molecular weight excluding hydrogens is 328 g/mol. The van der Waals surface area contributed by atoms with E-state index in [-0.39, 0.29) is 20.8 Å². The van der Waals surface area contributed by atoms with Gasteiger partial charge < -0.3 is 5.73 Å². The van der Waals surface area contributed by atoms with Gasteiger partial charge in [0, 0.05) is 18.7 Å². The van der Waals surface area contributed by atoms with Crippen LogP contribution in [0.4, 0.5) is 0 Å². The highest BCUT2D eigenvalue weighted by atomic mass is 35.5. The largest absolute Gasteiger partial charge is 0.389 e. The van der Waals surface area contributed by atoms with Gasteiger partial charge in [0.25, 0.3) is 0 Å². The molecule has 1 unspecified atom stereocenters. The van der Waals surface area contributed by atoms with Crippen molar-refractivity contribution >= 4 is 38.8 Å². The van der Waals surface area contributed by atoms with Crippen LogP contribution in [-0.2, 0) is 10.0 Å². The van der Waals surface area contributed by atoms with Gasteiger partial charge in [-0.3, -0.25) is 0 Å². The molecule has 4 nitrogen and oxygen atoms in total. The predicted molar refractivity (Wildman–Crippen MR) is 91.2 cm³/mol. The van der Waals surface area contributed by atoms with E-state index < -0.39 is 10.0 Å². The summed E-state index contributed by atoms with van der Waals surface area (Å²) < 4.78 is 26.8. The molecule has 0 heterocycles. The second-order valence-corrected chi connectivity index (χ2v) is 7.73. The highest BCUT2D eigenvalue weighted by Crippen LogP contribution is 2.26. The summed E-state index contributed by atoms with van der Waals surface area (Å²) >= 11 is 11.0. The normalized spacial score (nSPS) is 13.4. The summed E-state index contributed by atoms with van der Waals surface area (Å²) in [5.74, 6) is 0.286. The van der Waals surface area contributed by atoms with Gasteiger partial charge in [-0.15, -0.1) is 0 Å². The molecule has 1 rings (SSSR count). The lowest BCUT2D eigenvalue weighted by atomic mass is 10.1. The van der Waals surface area contributed by atoms with Crippen LogP contribution >= 0.6 is 23.8 Å². The average molecular weight is 349 g/mol. The minimum Gasteiger partial charge on any atom is -0.389 e. The summed E-state index contributed by atoms with van der Waals surface area (Å²) in [5.41, 5.74) is 6.08. The van der Waals surface area contributed by atoms with Crippen LogP contribution in [0.3, 0.4) is 0 Å². The van der Waals surface area contributed by atoms with E-state index in [0.29, 0.717) is 18.7 Å². The molecule has 7 heteroatoms. The third-order valence-electron chi connectivity index (χ3n) is 3.40. The molecule has 0 aliphatic heterocycles.